The fourth-order valence-electron chi connectivity index (χ4n) is 1.94. The van der Waals surface area contributed by atoms with Crippen molar-refractivity contribution in [2.45, 2.75) is 59.2 Å². The molecule has 2 atom stereocenters. The van der Waals surface area contributed by atoms with Crippen molar-refractivity contribution in [2.24, 2.45) is 5.16 Å². The van der Waals surface area contributed by atoms with Gasteiger partial charge in [-0.3, -0.25) is 4.79 Å². The average Bonchev–Trinajstić information content (AvgIpc) is 2.54. The quantitative estimate of drug-likeness (QED) is 0.523. The lowest BCUT2D eigenvalue weighted by atomic mass is 10.1. The third-order valence-corrected chi connectivity index (χ3v) is 3.19. The SMILES string of the molecule is CCCCC(ON=C(C)C)C(=O)NCC(C)Oc1ccc(F)cc1. The molecule has 1 N–H and O–H groups in total. The van der Waals surface area contributed by atoms with Crippen molar-refractivity contribution in [3.05, 3.63) is 30.1 Å². The average molecular weight is 338 g/mol. The number of rotatable bonds is 10. The molecule has 0 heterocycles. The van der Waals surface area contributed by atoms with Gasteiger partial charge in [0.2, 0.25) is 6.10 Å². The van der Waals surface area contributed by atoms with E-state index in [1.165, 1.54) is 12.1 Å². The van der Waals surface area contributed by atoms with Gasteiger partial charge >= 0.3 is 0 Å². The second kappa shape index (κ2) is 10.6. The smallest absolute Gasteiger partial charge is 0.264 e. The van der Waals surface area contributed by atoms with Crippen molar-refractivity contribution < 1.29 is 18.8 Å². The Morgan fingerprint density at radius 1 is 1.29 bits per heavy atom. The molecule has 5 nitrogen and oxygen atoms in total. The van der Waals surface area contributed by atoms with Gasteiger partial charge in [0.25, 0.3) is 5.91 Å². The number of nitrogens with one attached hydrogen (secondary N) is 1. The van der Waals surface area contributed by atoms with Crippen molar-refractivity contribution in [1.29, 1.82) is 0 Å². The third-order valence-electron chi connectivity index (χ3n) is 3.19. The van der Waals surface area contributed by atoms with E-state index in [0.29, 0.717) is 18.7 Å². The lowest BCUT2D eigenvalue weighted by molar-refractivity contribution is -0.133. The highest BCUT2D eigenvalue weighted by Gasteiger charge is 2.20. The van der Waals surface area contributed by atoms with E-state index in [4.69, 9.17) is 9.57 Å². The monoisotopic (exact) mass is 338 g/mol. The molecule has 2 unspecified atom stereocenters. The number of oxime groups is 1. The Kier molecular flexibility index (Phi) is 8.83. The number of unbranched alkanes of at least 4 members (excludes halogenated alkanes) is 1. The van der Waals surface area contributed by atoms with E-state index in [0.717, 1.165) is 18.6 Å². The molecule has 0 aromatic heterocycles. The minimum absolute atomic E-state index is 0.206. The Morgan fingerprint density at radius 3 is 2.54 bits per heavy atom. The van der Waals surface area contributed by atoms with Crippen LogP contribution in [0.2, 0.25) is 0 Å². The first-order valence-electron chi connectivity index (χ1n) is 8.29. The van der Waals surface area contributed by atoms with Crippen molar-refractivity contribution in [3.8, 4) is 5.75 Å². The van der Waals surface area contributed by atoms with Crippen LogP contribution in [0.4, 0.5) is 4.39 Å². The number of amides is 1. The zero-order valence-electron chi connectivity index (χ0n) is 14.8. The molecular weight excluding hydrogens is 311 g/mol. The molecule has 0 aliphatic heterocycles. The zero-order chi connectivity index (χ0) is 17.9. The second-order valence-corrected chi connectivity index (χ2v) is 5.90. The molecule has 24 heavy (non-hydrogen) atoms. The van der Waals surface area contributed by atoms with Crippen molar-refractivity contribution in [3.63, 3.8) is 0 Å². The number of benzene rings is 1. The van der Waals surface area contributed by atoms with Crippen LogP contribution in [0.3, 0.4) is 0 Å². The van der Waals surface area contributed by atoms with Gasteiger partial charge in [0.05, 0.1) is 12.3 Å². The van der Waals surface area contributed by atoms with Crippen LogP contribution in [-0.4, -0.2) is 30.4 Å². The first kappa shape index (κ1) is 19.9. The van der Waals surface area contributed by atoms with Crippen LogP contribution in [-0.2, 0) is 9.63 Å². The molecule has 1 rings (SSSR count). The lowest BCUT2D eigenvalue weighted by Gasteiger charge is -2.18. The fourth-order valence-corrected chi connectivity index (χ4v) is 1.94. The number of hydrogen-bond acceptors (Lipinski definition) is 4. The van der Waals surface area contributed by atoms with E-state index in [1.807, 2.05) is 20.8 Å². The largest absolute Gasteiger partial charge is 0.489 e. The van der Waals surface area contributed by atoms with Gasteiger partial charge < -0.3 is 14.9 Å². The molecule has 0 fully saturated rings. The number of carbonyl (C=O) groups is 1. The molecule has 1 amide bonds. The van der Waals surface area contributed by atoms with Gasteiger partial charge in [0.15, 0.2) is 0 Å². The van der Waals surface area contributed by atoms with Gasteiger partial charge in [0.1, 0.15) is 17.7 Å². The van der Waals surface area contributed by atoms with E-state index in [2.05, 4.69) is 17.4 Å². The van der Waals surface area contributed by atoms with Crippen LogP contribution in [0, 0.1) is 5.82 Å². The number of nitrogens with zero attached hydrogens (tertiary/aromatic N) is 1. The fraction of sp³-hybridized carbons (Fsp3) is 0.556. The van der Waals surface area contributed by atoms with Gasteiger partial charge in [-0.2, -0.15) is 0 Å². The minimum atomic E-state index is -0.599. The summed E-state index contributed by atoms with van der Waals surface area (Å²) in [6, 6.07) is 5.78. The van der Waals surface area contributed by atoms with Gasteiger partial charge in [-0.1, -0.05) is 18.5 Å². The van der Waals surface area contributed by atoms with Crippen molar-refractivity contribution in [1.82, 2.24) is 5.32 Å². The summed E-state index contributed by atoms with van der Waals surface area (Å²) in [6.07, 6.45) is 1.64. The summed E-state index contributed by atoms with van der Waals surface area (Å²) >= 11 is 0. The standard InChI is InChI=1S/C18H27FN2O3/c1-5-6-7-17(24-21-13(2)3)18(22)20-12-14(4)23-16-10-8-15(19)9-11-16/h8-11,14,17H,5-7,12H2,1-4H3,(H,20,22). The summed E-state index contributed by atoms with van der Waals surface area (Å²) in [6.45, 7) is 7.85. The molecular formula is C18H27FN2O3. The maximum atomic E-state index is 12.9. The summed E-state index contributed by atoms with van der Waals surface area (Å²) in [5.74, 6) is 0.0390. The first-order valence-corrected chi connectivity index (χ1v) is 8.29. The normalized spacial score (nSPS) is 12.9. The van der Waals surface area contributed by atoms with Gasteiger partial charge in [-0.15, -0.1) is 0 Å². The molecule has 0 saturated heterocycles. The number of ether oxygens (including phenoxy) is 1. The Hall–Kier alpha value is -2.11. The van der Waals surface area contributed by atoms with Crippen molar-refractivity contribution >= 4 is 11.6 Å². The van der Waals surface area contributed by atoms with Crippen LogP contribution in [0.15, 0.2) is 29.4 Å². The van der Waals surface area contributed by atoms with Crippen LogP contribution in [0.5, 0.6) is 5.75 Å². The van der Waals surface area contributed by atoms with E-state index in [1.54, 1.807) is 12.1 Å². The van der Waals surface area contributed by atoms with E-state index in [9.17, 15) is 9.18 Å². The maximum Gasteiger partial charge on any atom is 0.264 e. The van der Waals surface area contributed by atoms with Crippen LogP contribution in [0.1, 0.15) is 47.0 Å². The molecule has 1 aromatic carbocycles. The lowest BCUT2D eigenvalue weighted by Crippen LogP contribution is -2.40. The first-order chi connectivity index (χ1) is 11.4. The zero-order valence-corrected chi connectivity index (χ0v) is 14.8. The highest BCUT2D eigenvalue weighted by atomic mass is 19.1. The molecule has 0 bridgehead atoms. The summed E-state index contributed by atoms with van der Waals surface area (Å²) in [5, 5.41) is 6.71. The summed E-state index contributed by atoms with van der Waals surface area (Å²) in [7, 11) is 0. The van der Waals surface area contributed by atoms with Crippen LogP contribution < -0.4 is 10.1 Å². The predicted octanol–water partition coefficient (Wildman–Crippen LogP) is 3.68. The van der Waals surface area contributed by atoms with E-state index >= 15 is 0 Å². The van der Waals surface area contributed by atoms with E-state index in [-0.39, 0.29) is 17.8 Å². The maximum absolute atomic E-state index is 12.9. The molecule has 6 heteroatoms. The Morgan fingerprint density at radius 2 is 1.96 bits per heavy atom. The van der Waals surface area contributed by atoms with Crippen LogP contribution in [0.25, 0.3) is 0 Å². The second-order valence-electron chi connectivity index (χ2n) is 5.90. The minimum Gasteiger partial charge on any atom is -0.489 e. The summed E-state index contributed by atoms with van der Waals surface area (Å²) < 4.78 is 18.5. The van der Waals surface area contributed by atoms with Gasteiger partial charge in [-0.05, 0) is 57.9 Å². The van der Waals surface area contributed by atoms with Gasteiger partial charge in [-0.25, -0.2) is 4.39 Å². The topological polar surface area (TPSA) is 59.9 Å². The molecule has 0 aliphatic rings. The van der Waals surface area contributed by atoms with Crippen molar-refractivity contribution in [2.75, 3.05) is 6.54 Å². The number of halogens is 1. The number of carbonyl (C=O) groups excluding carboxylic acids is 1. The number of hydrogen-bond donors (Lipinski definition) is 1. The Bertz CT molecular complexity index is 528. The molecule has 0 spiro atoms. The Balaban J connectivity index is 2.47. The van der Waals surface area contributed by atoms with E-state index < -0.39 is 6.10 Å². The summed E-state index contributed by atoms with van der Waals surface area (Å²) in [5.41, 5.74) is 0.761. The molecule has 1 aromatic rings. The molecule has 0 saturated carbocycles. The third kappa shape index (κ3) is 7.94. The van der Waals surface area contributed by atoms with Crippen LogP contribution >= 0.6 is 0 Å². The molecule has 0 aliphatic carbocycles. The predicted molar refractivity (Wildman–Crippen MR) is 92.7 cm³/mol. The molecule has 0 radical (unpaired) electrons. The molecule has 134 valence electrons. The Labute approximate surface area is 143 Å². The summed E-state index contributed by atoms with van der Waals surface area (Å²) in [4.78, 5) is 17.6. The van der Waals surface area contributed by atoms with Gasteiger partial charge in [0, 0.05) is 0 Å². The highest BCUT2D eigenvalue weighted by Crippen LogP contribution is 2.13. The highest BCUT2D eigenvalue weighted by molar-refractivity contribution is 5.81.